The number of rotatable bonds is 8. The molecule has 130 valence electrons. The van der Waals surface area contributed by atoms with Crippen LogP contribution in [0.15, 0.2) is 35.3 Å². The minimum absolute atomic E-state index is 0.0303. The average molecular weight is 354 g/mol. The van der Waals surface area contributed by atoms with Crippen molar-refractivity contribution in [3.05, 3.63) is 51.5 Å². The zero-order valence-electron chi connectivity index (χ0n) is 14.5. The molecule has 1 atom stereocenters. The van der Waals surface area contributed by atoms with Crippen molar-refractivity contribution in [1.29, 1.82) is 5.26 Å². The summed E-state index contributed by atoms with van der Waals surface area (Å²) in [4.78, 5) is 12.3. The lowest BCUT2D eigenvalue weighted by Crippen LogP contribution is -2.27. The molecule has 2 aromatic rings. The van der Waals surface area contributed by atoms with Crippen LogP contribution in [-0.4, -0.2) is 16.1 Å². The molecule has 0 fully saturated rings. The Morgan fingerprint density at radius 1 is 1.44 bits per heavy atom. The Morgan fingerprint density at radius 2 is 2.28 bits per heavy atom. The summed E-state index contributed by atoms with van der Waals surface area (Å²) < 4.78 is 0. The Labute approximate surface area is 152 Å². The Kier molecular flexibility index (Phi) is 7.30. The monoisotopic (exact) mass is 354 g/mol. The Balaban J connectivity index is 2.03. The number of aromatic nitrogens is 2. The van der Waals surface area contributed by atoms with Gasteiger partial charge in [0.05, 0.1) is 6.04 Å². The standard InChI is InChI=1S/C19H22N4OS/c1-3-4-5-7-15-8-6-9-16(10-15)14(2)22-19(24)17(12-20)11-18-23-21-13-25-18/h6,8-11,13-14H,3-5,7H2,1-2H3,(H,22,24)/b17-11+. The molecular weight excluding hydrogens is 332 g/mol. The van der Waals surface area contributed by atoms with Crippen molar-refractivity contribution in [3.8, 4) is 6.07 Å². The summed E-state index contributed by atoms with van der Waals surface area (Å²) in [5, 5.41) is 20.2. The SMILES string of the molecule is CCCCCc1cccc(C(C)NC(=O)/C(C#N)=C/c2nncs2)c1. The summed E-state index contributed by atoms with van der Waals surface area (Å²) in [5.74, 6) is -0.401. The highest BCUT2D eigenvalue weighted by Gasteiger charge is 2.14. The summed E-state index contributed by atoms with van der Waals surface area (Å²) in [7, 11) is 0. The molecule has 1 amide bonds. The summed E-state index contributed by atoms with van der Waals surface area (Å²) in [5.41, 5.74) is 3.90. The number of nitriles is 1. The van der Waals surface area contributed by atoms with Gasteiger partial charge in [-0.2, -0.15) is 5.26 Å². The van der Waals surface area contributed by atoms with Gasteiger partial charge in [0.15, 0.2) is 0 Å². The molecule has 0 aliphatic rings. The summed E-state index contributed by atoms with van der Waals surface area (Å²) in [6.45, 7) is 4.11. The highest BCUT2D eigenvalue weighted by atomic mass is 32.1. The zero-order valence-corrected chi connectivity index (χ0v) is 15.3. The minimum Gasteiger partial charge on any atom is -0.345 e. The van der Waals surface area contributed by atoms with Gasteiger partial charge in [-0.25, -0.2) is 0 Å². The third-order valence-corrected chi connectivity index (χ3v) is 4.52. The second-order valence-corrected chi connectivity index (χ2v) is 6.71. The molecule has 0 spiro atoms. The zero-order chi connectivity index (χ0) is 18.1. The van der Waals surface area contributed by atoms with Crippen LogP contribution in [0, 0.1) is 11.3 Å². The fraction of sp³-hybridized carbons (Fsp3) is 0.368. The van der Waals surface area contributed by atoms with Crippen molar-refractivity contribution in [2.75, 3.05) is 0 Å². The minimum atomic E-state index is -0.401. The van der Waals surface area contributed by atoms with Gasteiger partial charge in [0.25, 0.3) is 5.91 Å². The van der Waals surface area contributed by atoms with Crippen LogP contribution in [0.25, 0.3) is 6.08 Å². The van der Waals surface area contributed by atoms with Crippen LogP contribution in [0.5, 0.6) is 0 Å². The molecule has 1 aromatic heterocycles. The first-order valence-electron chi connectivity index (χ1n) is 8.41. The van der Waals surface area contributed by atoms with Crippen molar-refractivity contribution in [2.45, 2.75) is 45.6 Å². The smallest absolute Gasteiger partial charge is 0.262 e. The highest BCUT2D eigenvalue weighted by molar-refractivity contribution is 7.10. The predicted molar refractivity (Wildman–Crippen MR) is 99.7 cm³/mol. The van der Waals surface area contributed by atoms with Gasteiger partial charge < -0.3 is 5.32 Å². The molecule has 1 unspecified atom stereocenters. The Hall–Kier alpha value is -2.52. The maximum atomic E-state index is 12.3. The van der Waals surface area contributed by atoms with E-state index in [0.717, 1.165) is 12.0 Å². The lowest BCUT2D eigenvalue weighted by Gasteiger charge is -2.15. The molecule has 25 heavy (non-hydrogen) atoms. The van der Waals surface area contributed by atoms with E-state index < -0.39 is 5.91 Å². The Morgan fingerprint density at radius 3 is 2.96 bits per heavy atom. The number of nitrogens with zero attached hydrogens (tertiary/aromatic N) is 3. The lowest BCUT2D eigenvalue weighted by atomic mass is 10.0. The fourth-order valence-corrected chi connectivity index (χ4v) is 2.95. The van der Waals surface area contributed by atoms with E-state index in [2.05, 4.69) is 34.6 Å². The first-order valence-corrected chi connectivity index (χ1v) is 9.29. The molecular formula is C19H22N4OS. The van der Waals surface area contributed by atoms with Crippen LogP contribution in [0.1, 0.15) is 55.3 Å². The number of nitrogens with one attached hydrogen (secondary N) is 1. The summed E-state index contributed by atoms with van der Waals surface area (Å²) in [6, 6.07) is 10.0. The molecule has 1 heterocycles. The van der Waals surface area contributed by atoms with Crippen molar-refractivity contribution < 1.29 is 4.79 Å². The first-order chi connectivity index (χ1) is 12.1. The second kappa shape index (κ2) is 9.70. The van der Waals surface area contributed by atoms with E-state index in [0.29, 0.717) is 5.01 Å². The molecule has 1 aromatic carbocycles. The third-order valence-electron chi connectivity index (χ3n) is 3.88. The topological polar surface area (TPSA) is 78.7 Å². The Bertz CT molecular complexity index is 762. The van der Waals surface area contributed by atoms with E-state index in [1.165, 1.54) is 42.2 Å². The molecule has 5 nitrogen and oxygen atoms in total. The fourth-order valence-electron chi connectivity index (χ4n) is 2.47. The number of carbonyl (C=O) groups excluding carboxylic acids is 1. The molecule has 2 rings (SSSR count). The van der Waals surface area contributed by atoms with Gasteiger partial charge in [-0.3, -0.25) is 4.79 Å². The van der Waals surface area contributed by atoms with Gasteiger partial charge in [0, 0.05) is 0 Å². The van der Waals surface area contributed by atoms with Crippen molar-refractivity contribution in [2.24, 2.45) is 0 Å². The number of aryl methyl sites for hydroxylation is 1. The highest BCUT2D eigenvalue weighted by Crippen LogP contribution is 2.17. The van der Waals surface area contributed by atoms with E-state index in [9.17, 15) is 10.1 Å². The molecule has 1 N–H and O–H groups in total. The number of benzene rings is 1. The number of amides is 1. The number of unbranched alkanes of at least 4 members (excludes halogenated alkanes) is 2. The average Bonchev–Trinajstić information content (AvgIpc) is 3.13. The van der Waals surface area contributed by atoms with Crippen LogP contribution in [0.2, 0.25) is 0 Å². The maximum absolute atomic E-state index is 12.3. The van der Waals surface area contributed by atoms with Crippen LogP contribution >= 0.6 is 11.3 Å². The largest absolute Gasteiger partial charge is 0.345 e. The maximum Gasteiger partial charge on any atom is 0.262 e. The normalized spacial score (nSPS) is 12.4. The van der Waals surface area contributed by atoms with Crippen molar-refractivity contribution >= 4 is 23.3 Å². The van der Waals surface area contributed by atoms with Gasteiger partial charge in [0.1, 0.15) is 22.2 Å². The van der Waals surface area contributed by atoms with E-state index in [1.54, 1.807) is 5.51 Å². The summed E-state index contributed by atoms with van der Waals surface area (Å²) in [6.07, 6.45) is 6.09. The van der Waals surface area contributed by atoms with E-state index >= 15 is 0 Å². The van der Waals surface area contributed by atoms with Crippen LogP contribution in [-0.2, 0) is 11.2 Å². The lowest BCUT2D eigenvalue weighted by molar-refractivity contribution is -0.117. The van der Waals surface area contributed by atoms with Gasteiger partial charge in [-0.15, -0.1) is 21.5 Å². The van der Waals surface area contributed by atoms with E-state index in [4.69, 9.17) is 0 Å². The molecule has 0 aliphatic carbocycles. The number of hydrogen-bond donors (Lipinski definition) is 1. The van der Waals surface area contributed by atoms with Crippen LogP contribution in [0.3, 0.4) is 0 Å². The third kappa shape index (κ3) is 5.80. The van der Waals surface area contributed by atoms with Crippen LogP contribution in [0.4, 0.5) is 0 Å². The first kappa shape index (κ1) is 18.8. The van der Waals surface area contributed by atoms with Gasteiger partial charge in [-0.1, -0.05) is 44.0 Å². The quantitative estimate of drug-likeness (QED) is 0.440. The molecule has 0 saturated heterocycles. The van der Waals surface area contributed by atoms with Gasteiger partial charge in [0.2, 0.25) is 0 Å². The second-order valence-electron chi connectivity index (χ2n) is 5.84. The van der Waals surface area contributed by atoms with E-state index in [-0.39, 0.29) is 11.6 Å². The molecule has 0 bridgehead atoms. The number of carbonyl (C=O) groups is 1. The summed E-state index contributed by atoms with van der Waals surface area (Å²) >= 11 is 1.28. The predicted octanol–water partition coefficient (Wildman–Crippen LogP) is 4.06. The van der Waals surface area contributed by atoms with Crippen LogP contribution < -0.4 is 5.32 Å². The molecule has 6 heteroatoms. The van der Waals surface area contributed by atoms with Crippen molar-refractivity contribution in [1.82, 2.24) is 15.5 Å². The molecule has 0 aliphatic heterocycles. The number of hydrogen-bond acceptors (Lipinski definition) is 5. The van der Waals surface area contributed by atoms with Crippen molar-refractivity contribution in [3.63, 3.8) is 0 Å². The van der Waals surface area contributed by atoms with Gasteiger partial charge >= 0.3 is 0 Å². The van der Waals surface area contributed by atoms with Gasteiger partial charge in [-0.05, 0) is 37.0 Å². The molecule has 0 saturated carbocycles. The molecule has 0 radical (unpaired) electrons. The van der Waals surface area contributed by atoms with E-state index in [1.807, 2.05) is 25.1 Å².